The number of hydrogen-bond acceptors (Lipinski definition) is 4. The molecule has 1 aliphatic heterocycles. The number of piperidine rings is 1. The van der Waals surface area contributed by atoms with Crippen LogP contribution in [0.3, 0.4) is 0 Å². The molecule has 190 valence electrons. The van der Waals surface area contributed by atoms with E-state index in [1.165, 1.54) is 5.69 Å². The first-order valence-electron chi connectivity index (χ1n) is 12.9. The van der Waals surface area contributed by atoms with Crippen molar-refractivity contribution < 1.29 is 14.3 Å². The molecule has 1 heterocycles. The zero-order valence-electron chi connectivity index (χ0n) is 21.5. The zero-order valence-corrected chi connectivity index (χ0v) is 21.5. The van der Waals surface area contributed by atoms with Gasteiger partial charge in [-0.3, -0.25) is 9.59 Å². The lowest BCUT2D eigenvalue weighted by atomic mass is 9.99. The Bertz CT molecular complexity index is 922. The number of carbonyl (C=O) groups is 2. The van der Waals surface area contributed by atoms with Gasteiger partial charge in [0.1, 0.15) is 12.4 Å². The van der Waals surface area contributed by atoms with Crippen molar-refractivity contribution in [3.05, 3.63) is 60.2 Å². The van der Waals surface area contributed by atoms with E-state index < -0.39 is 0 Å². The molecule has 6 heteroatoms. The second kappa shape index (κ2) is 13.2. The third kappa shape index (κ3) is 8.30. The maximum Gasteiger partial charge on any atom is 0.222 e. The second-order valence-electron chi connectivity index (χ2n) is 10.1. The summed E-state index contributed by atoms with van der Waals surface area (Å²) in [6.07, 6.45) is 3.92. The van der Waals surface area contributed by atoms with Gasteiger partial charge in [-0.05, 0) is 61.4 Å². The summed E-state index contributed by atoms with van der Waals surface area (Å²) in [5, 5.41) is 0. The van der Waals surface area contributed by atoms with E-state index in [0.29, 0.717) is 31.4 Å². The van der Waals surface area contributed by atoms with Gasteiger partial charge in [-0.1, -0.05) is 51.1 Å². The molecular formula is C29H41N3O3. The topological polar surface area (TPSA) is 75.9 Å². The second-order valence-corrected chi connectivity index (χ2v) is 10.1. The Morgan fingerprint density at radius 1 is 1.00 bits per heavy atom. The smallest absolute Gasteiger partial charge is 0.222 e. The third-order valence-electron chi connectivity index (χ3n) is 6.90. The van der Waals surface area contributed by atoms with Crippen molar-refractivity contribution in [1.29, 1.82) is 0 Å². The van der Waals surface area contributed by atoms with Gasteiger partial charge in [0.25, 0.3) is 0 Å². The van der Waals surface area contributed by atoms with E-state index in [2.05, 4.69) is 55.1 Å². The first-order chi connectivity index (χ1) is 16.8. The summed E-state index contributed by atoms with van der Waals surface area (Å²) in [6.45, 7) is 9.36. The Morgan fingerprint density at radius 3 is 2.26 bits per heavy atom. The minimum atomic E-state index is -0.339. The van der Waals surface area contributed by atoms with E-state index in [9.17, 15) is 9.59 Å². The van der Waals surface area contributed by atoms with Crippen molar-refractivity contribution in [1.82, 2.24) is 4.90 Å². The Hall–Kier alpha value is -3.02. The fourth-order valence-electron chi connectivity index (χ4n) is 4.46. The maximum atomic E-state index is 12.6. The summed E-state index contributed by atoms with van der Waals surface area (Å²) in [5.41, 5.74) is 7.69. The summed E-state index contributed by atoms with van der Waals surface area (Å²) < 4.78 is 5.97. The lowest BCUT2D eigenvalue weighted by molar-refractivity contribution is -0.132. The van der Waals surface area contributed by atoms with Crippen LogP contribution in [0.2, 0.25) is 0 Å². The highest BCUT2D eigenvalue weighted by molar-refractivity contribution is 5.79. The number of ether oxygens (including phenoxy) is 1. The number of amides is 2. The van der Waals surface area contributed by atoms with Gasteiger partial charge < -0.3 is 20.3 Å². The first kappa shape index (κ1) is 26.6. The molecule has 1 unspecified atom stereocenters. The van der Waals surface area contributed by atoms with Crippen LogP contribution < -0.4 is 15.4 Å². The number of carbonyl (C=O) groups excluding carboxylic acids is 2. The van der Waals surface area contributed by atoms with Crippen LogP contribution in [0.15, 0.2) is 54.6 Å². The molecule has 1 aliphatic rings. The van der Waals surface area contributed by atoms with Crippen molar-refractivity contribution in [3.63, 3.8) is 0 Å². The summed E-state index contributed by atoms with van der Waals surface area (Å²) in [6, 6.07) is 19.0. The largest absolute Gasteiger partial charge is 0.489 e. The lowest BCUT2D eigenvalue weighted by Gasteiger charge is -2.40. The number of nitrogens with zero attached hydrogens (tertiary/aromatic N) is 2. The highest BCUT2D eigenvalue weighted by Gasteiger charge is 2.27. The molecule has 3 rings (SSSR count). The Balaban J connectivity index is 1.57. The van der Waals surface area contributed by atoms with Gasteiger partial charge in [0, 0.05) is 43.7 Å². The third-order valence-corrected chi connectivity index (χ3v) is 6.90. The van der Waals surface area contributed by atoms with Crippen LogP contribution in [0.5, 0.6) is 5.75 Å². The average molecular weight is 480 g/mol. The number of benzene rings is 2. The van der Waals surface area contributed by atoms with Crippen molar-refractivity contribution in [3.8, 4) is 5.75 Å². The molecule has 1 atom stereocenters. The fourth-order valence-corrected chi connectivity index (χ4v) is 4.46. The monoisotopic (exact) mass is 479 g/mol. The van der Waals surface area contributed by atoms with Gasteiger partial charge >= 0.3 is 0 Å². The number of rotatable bonds is 12. The Morgan fingerprint density at radius 2 is 1.66 bits per heavy atom. The van der Waals surface area contributed by atoms with Crippen molar-refractivity contribution >= 4 is 17.5 Å². The van der Waals surface area contributed by atoms with Crippen LogP contribution in [0.4, 0.5) is 5.69 Å². The normalized spacial score (nSPS) is 15.1. The van der Waals surface area contributed by atoms with Crippen LogP contribution >= 0.6 is 0 Å². The van der Waals surface area contributed by atoms with Crippen LogP contribution in [0, 0.1) is 11.8 Å². The quantitative estimate of drug-likeness (QED) is 0.464. The van der Waals surface area contributed by atoms with Gasteiger partial charge in [0.05, 0.1) is 0 Å². The highest BCUT2D eigenvalue weighted by atomic mass is 16.5. The van der Waals surface area contributed by atoms with Crippen molar-refractivity contribution in [2.75, 3.05) is 24.5 Å². The molecule has 0 bridgehead atoms. The molecule has 2 amide bonds. The maximum absolute atomic E-state index is 12.6. The number of likely N-dealkylation sites (tertiary alicyclic amines) is 1. The highest BCUT2D eigenvalue weighted by Crippen LogP contribution is 2.27. The number of anilines is 1. The predicted octanol–water partition coefficient (Wildman–Crippen LogP) is 5.01. The molecule has 2 aromatic rings. The zero-order chi connectivity index (χ0) is 25.2. The van der Waals surface area contributed by atoms with Gasteiger partial charge in [-0.25, -0.2) is 0 Å². The van der Waals surface area contributed by atoms with E-state index in [-0.39, 0.29) is 17.7 Å². The molecule has 0 aliphatic carbocycles. The standard InChI is InChI=1S/C29H41N3O3/c1-22(2)15-20-32(25-10-12-27(13-11-25)35-21-24-7-5-4-6-8-24)26-16-18-31(19-17-26)28(33)14-9-23(3)29(30)34/h4-8,10-13,22-23,26H,9,14-21H2,1-3H3,(H2,30,34). The number of hydrogen-bond donors (Lipinski definition) is 1. The molecular weight excluding hydrogens is 438 g/mol. The van der Waals surface area contributed by atoms with E-state index in [1.807, 2.05) is 23.1 Å². The Labute approximate surface area is 210 Å². The first-order valence-corrected chi connectivity index (χ1v) is 12.9. The minimum absolute atomic E-state index is 0.130. The SMILES string of the molecule is CC(C)CCN(c1ccc(OCc2ccccc2)cc1)C1CCN(C(=O)CCC(C)C(N)=O)CC1. The predicted molar refractivity (Wildman–Crippen MR) is 141 cm³/mol. The number of primary amides is 1. The van der Waals surface area contributed by atoms with Crippen molar-refractivity contribution in [2.45, 2.75) is 65.5 Å². The van der Waals surface area contributed by atoms with E-state index in [4.69, 9.17) is 10.5 Å². The molecule has 0 saturated carbocycles. The molecule has 35 heavy (non-hydrogen) atoms. The summed E-state index contributed by atoms with van der Waals surface area (Å²) >= 11 is 0. The van der Waals surface area contributed by atoms with E-state index in [0.717, 1.165) is 50.2 Å². The number of nitrogens with two attached hydrogens (primary N) is 1. The Kier molecular flexibility index (Phi) is 10.0. The average Bonchev–Trinajstić information content (AvgIpc) is 2.87. The molecule has 0 spiro atoms. The van der Waals surface area contributed by atoms with Crippen LogP contribution in [0.1, 0.15) is 58.4 Å². The van der Waals surface area contributed by atoms with E-state index >= 15 is 0 Å². The molecule has 2 aromatic carbocycles. The van der Waals surface area contributed by atoms with Crippen LogP contribution in [0.25, 0.3) is 0 Å². The molecule has 1 saturated heterocycles. The fraction of sp³-hybridized carbons (Fsp3) is 0.517. The van der Waals surface area contributed by atoms with Gasteiger partial charge in [0.2, 0.25) is 11.8 Å². The van der Waals surface area contributed by atoms with Crippen LogP contribution in [-0.2, 0) is 16.2 Å². The molecule has 1 fully saturated rings. The molecule has 6 nitrogen and oxygen atoms in total. The van der Waals surface area contributed by atoms with Gasteiger partial charge in [-0.15, -0.1) is 0 Å². The molecule has 0 aromatic heterocycles. The van der Waals surface area contributed by atoms with Crippen molar-refractivity contribution in [2.24, 2.45) is 17.6 Å². The summed E-state index contributed by atoms with van der Waals surface area (Å²) in [4.78, 5) is 28.4. The van der Waals surface area contributed by atoms with E-state index in [1.54, 1.807) is 6.92 Å². The minimum Gasteiger partial charge on any atom is -0.489 e. The molecule has 0 radical (unpaired) electrons. The lowest BCUT2D eigenvalue weighted by Crippen LogP contribution is -2.47. The van der Waals surface area contributed by atoms with Crippen LogP contribution in [-0.4, -0.2) is 42.4 Å². The van der Waals surface area contributed by atoms with Gasteiger partial charge in [-0.2, -0.15) is 0 Å². The molecule has 2 N–H and O–H groups in total. The van der Waals surface area contributed by atoms with Gasteiger partial charge in [0.15, 0.2) is 0 Å². The summed E-state index contributed by atoms with van der Waals surface area (Å²) in [7, 11) is 0. The summed E-state index contributed by atoms with van der Waals surface area (Å²) in [5.74, 6) is 1.02.